The van der Waals surface area contributed by atoms with Crippen LogP contribution in [-0.2, 0) is 0 Å². The van der Waals surface area contributed by atoms with Crippen LogP contribution in [0.1, 0.15) is 25.6 Å². The maximum Gasteiger partial charge on any atom is 0.170 e. The summed E-state index contributed by atoms with van der Waals surface area (Å²) in [5.74, 6) is 1.23. The smallest absolute Gasteiger partial charge is 0.170 e. The highest BCUT2D eigenvalue weighted by Gasteiger charge is 2.04. The van der Waals surface area contributed by atoms with Gasteiger partial charge in [-0.1, -0.05) is 13.8 Å². The van der Waals surface area contributed by atoms with Crippen molar-refractivity contribution in [1.29, 1.82) is 0 Å². The van der Waals surface area contributed by atoms with Gasteiger partial charge in [-0.15, -0.1) is 0 Å². The second-order valence-corrected chi connectivity index (χ2v) is 3.05. The zero-order valence-corrected chi connectivity index (χ0v) is 7.11. The van der Waals surface area contributed by atoms with Gasteiger partial charge in [0.25, 0.3) is 0 Å². The molecule has 0 fully saturated rings. The largest absolute Gasteiger partial charge is 0.461 e. The van der Waals surface area contributed by atoms with Gasteiger partial charge in [0, 0.05) is 12.0 Å². The van der Waals surface area contributed by atoms with Crippen molar-refractivity contribution in [2.24, 2.45) is 0 Å². The summed E-state index contributed by atoms with van der Waals surface area (Å²) in [5.41, 5.74) is 1.63. The minimum atomic E-state index is 0.365. The lowest BCUT2D eigenvalue weighted by atomic mass is 10.2. The van der Waals surface area contributed by atoms with Gasteiger partial charge >= 0.3 is 0 Å². The normalized spacial score (nSPS) is 11.2. The van der Waals surface area contributed by atoms with Crippen LogP contribution in [0.25, 0.3) is 11.1 Å². The van der Waals surface area contributed by atoms with E-state index in [4.69, 9.17) is 4.42 Å². The van der Waals surface area contributed by atoms with E-state index in [0.717, 1.165) is 16.9 Å². The summed E-state index contributed by atoms with van der Waals surface area (Å²) >= 11 is 0. The molecule has 0 aliphatic rings. The molecule has 0 radical (unpaired) electrons. The van der Waals surface area contributed by atoms with E-state index < -0.39 is 0 Å². The van der Waals surface area contributed by atoms with Crippen molar-refractivity contribution < 1.29 is 4.42 Å². The van der Waals surface area contributed by atoms with Gasteiger partial charge in [-0.25, -0.2) is 9.97 Å². The first-order chi connectivity index (χ1) is 5.77. The molecular formula is C9H10N2O. The molecule has 0 unspecified atom stereocenters. The fourth-order valence-corrected chi connectivity index (χ4v) is 1.06. The van der Waals surface area contributed by atoms with Crippen LogP contribution in [0.3, 0.4) is 0 Å². The van der Waals surface area contributed by atoms with Crippen LogP contribution < -0.4 is 0 Å². The van der Waals surface area contributed by atoms with Gasteiger partial charge in [-0.2, -0.15) is 0 Å². The van der Waals surface area contributed by atoms with Crippen LogP contribution >= 0.6 is 0 Å². The predicted octanol–water partition coefficient (Wildman–Crippen LogP) is 2.35. The molecule has 2 heterocycles. The lowest BCUT2D eigenvalue weighted by Crippen LogP contribution is -1.95. The third kappa shape index (κ3) is 1.07. The molecule has 0 atom stereocenters. The molecule has 2 aromatic heterocycles. The van der Waals surface area contributed by atoms with Crippen molar-refractivity contribution in [3.05, 3.63) is 24.4 Å². The Balaban J connectivity index is 2.60. The minimum absolute atomic E-state index is 0.365. The fraction of sp³-hybridized carbons (Fsp3) is 0.333. The van der Waals surface area contributed by atoms with Crippen molar-refractivity contribution >= 4 is 11.1 Å². The Hall–Kier alpha value is -1.38. The van der Waals surface area contributed by atoms with E-state index in [1.165, 1.54) is 0 Å². The number of fused-ring (bicyclic) bond motifs is 1. The minimum Gasteiger partial charge on any atom is -0.461 e. The Morgan fingerprint density at radius 3 is 3.00 bits per heavy atom. The van der Waals surface area contributed by atoms with E-state index in [1.807, 2.05) is 6.07 Å². The molecule has 0 spiro atoms. The van der Waals surface area contributed by atoms with Crippen molar-refractivity contribution in [3.63, 3.8) is 0 Å². The zero-order chi connectivity index (χ0) is 8.55. The average Bonchev–Trinajstić information content (AvgIpc) is 2.49. The number of rotatable bonds is 1. The number of nitrogens with zero attached hydrogens (tertiary/aromatic N) is 2. The third-order valence-electron chi connectivity index (χ3n) is 1.74. The molecule has 0 saturated carbocycles. The Kier molecular flexibility index (Phi) is 1.57. The van der Waals surface area contributed by atoms with Crippen LogP contribution in [0.2, 0.25) is 0 Å². The van der Waals surface area contributed by atoms with E-state index in [-0.39, 0.29) is 0 Å². The number of hydrogen-bond acceptors (Lipinski definition) is 3. The molecule has 0 aliphatic carbocycles. The van der Waals surface area contributed by atoms with Gasteiger partial charge in [-0.05, 0) is 0 Å². The Labute approximate surface area is 70.4 Å². The first kappa shape index (κ1) is 7.28. The molecule has 3 heteroatoms. The van der Waals surface area contributed by atoms with Gasteiger partial charge in [0.1, 0.15) is 11.3 Å². The summed E-state index contributed by atoms with van der Waals surface area (Å²) in [4.78, 5) is 8.50. The molecule has 2 aromatic rings. The van der Waals surface area contributed by atoms with E-state index >= 15 is 0 Å². The molecule has 0 aromatic carbocycles. The standard InChI is InChI=1S/C9H10N2O/c1-6(2)9-10-5-8-7(11-9)3-4-12-8/h3-6H,1-2H3. The molecule has 0 bridgehead atoms. The van der Waals surface area contributed by atoms with Crippen LogP contribution in [0, 0.1) is 0 Å². The summed E-state index contributed by atoms with van der Waals surface area (Å²) in [5, 5.41) is 0. The van der Waals surface area contributed by atoms with Gasteiger partial charge in [-0.3, -0.25) is 0 Å². The third-order valence-corrected chi connectivity index (χ3v) is 1.74. The van der Waals surface area contributed by atoms with Gasteiger partial charge in [0.15, 0.2) is 5.58 Å². The van der Waals surface area contributed by atoms with Crippen molar-refractivity contribution in [2.75, 3.05) is 0 Å². The summed E-state index contributed by atoms with van der Waals surface area (Å²) in [6.07, 6.45) is 3.35. The first-order valence-electron chi connectivity index (χ1n) is 3.97. The Bertz CT molecular complexity index is 392. The molecular weight excluding hydrogens is 152 g/mol. The highest BCUT2D eigenvalue weighted by molar-refractivity contribution is 5.70. The van der Waals surface area contributed by atoms with Gasteiger partial charge in [0.2, 0.25) is 0 Å². The molecule has 3 nitrogen and oxygen atoms in total. The van der Waals surface area contributed by atoms with Crippen molar-refractivity contribution in [1.82, 2.24) is 9.97 Å². The highest BCUT2D eigenvalue weighted by Crippen LogP contribution is 2.15. The maximum atomic E-state index is 5.13. The maximum absolute atomic E-state index is 5.13. The van der Waals surface area contributed by atoms with Crippen LogP contribution in [0.4, 0.5) is 0 Å². The molecule has 0 amide bonds. The van der Waals surface area contributed by atoms with Gasteiger partial charge < -0.3 is 4.42 Å². The monoisotopic (exact) mass is 162 g/mol. The van der Waals surface area contributed by atoms with Crippen LogP contribution in [0.5, 0.6) is 0 Å². The highest BCUT2D eigenvalue weighted by atomic mass is 16.3. The topological polar surface area (TPSA) is 38.9 Å². The molecule has 0 saturated heterocycles. The quantitative estimate of drug-likeness (QED) is 0.646. The lowest BCUT2D eigenvalue weighted by molar-refractivity contribution is 0.612. The van der Waals surface area contributed by atoms with E-state index in [9.17, 15) is 0 Å². The van der Waals surface area contributed by atoms with E-state index in [0.29, 0.717) is 5.92 Å². The number of furan rings is 1. The average molecular weight is 162 g/mol. The molecule has 2 rings (SSSR count). The second-order valence-electron chi connectivity index (χ2n) is 3.05. The van der Waals surface area contributed by atoms with Crippen LogP contribution in [0.15, 0.2) is 22.9 Å². The number of hydrogen-bond donors (Lipinski definition) is 0. The lowest BCUT2D eigenvalue weighted by Gasteiger charge is -2.00. The Morgan fingerprint density at radius 1 is 1.42 bits per heavy atom. The molecule has 0 aliphatic heterocycles. The summed E-state index contributed by atoms with van der Waals surface area (Å²) < 4.78 is 5.13. The number of aromatic nitrogens is 2. The summed E-state index contributed by atoms with van der Waals surface area (Å²) in [7, 11) is 0. The Morgan fingerprint density at radius 2 is 2.25 bits per heavy atom. The summed E-state index contributed by atoms with van der Waals surface area (Å²) in [6, 6.07) is 1.85. The van der Waals surface area contributed by atoms with Crippen molar-refractivity contribution in [3.8, 4) is 0 Å². The van der Waals surface area contributed by atoms with Crippen LogP contribution in [-0.4, -0.2) is 9.97 Å². The molecule has 62 valence electrons. The van der Waals surface area contributed by atoms with Gasteiger partial charge in [0.05, 0.1) is 12.5 Å². The van der Waals surface area contributed by atoms with Crippen molar-refractivity contribution in [2.45, 2.75) is 19.8 Å². The molecule has 0 N–H and O–H groups in total. The first-order valence-corrected chi connectivity index (χ1v) is 3.97. The van der Waals surface area contributed by atoms with E-state index in [1.54, 1.807) is 12.5 Å². The molecule has 12 heavy (non-hydrogen) atoms. The SMILES string of the molecule is CC(C)c1ncc2occc2n1. The predicted molar refractivity (Wildman–Crippen MR) is 45.9 cm³/mol. The van der Waals surface area contributed by atoms with E-state index in [2.05, 4.69) is 23.8 Å². The fourth-order valence-electron chi connectivity index (χ4n) is 1.06. The second kappa shape index (κ2) is 2.59. The summed E-state index contributed by atoms with van der Waals surface area (Å²) in [6.45, 7) is 4.14. The zero-order valence-electron chi connectivity index (χ0n) is 7.11.